The molecule has 2 aliphatic rings. The maximum Gasteiger partial charge on any atom is 0.272 e. The molecule has 0 aromatic carbocycles. The van der Waals surface area contributed by atoms with Crippen LogP contribution in [0.2, 0.25) is 0 Å². The Bertz CT molecular complexity index is 510. The molecule has 2 saturated heterocycles. The van der Waals surface area contributed by atoms with E-state index in [9.17, 15) is 4.79 Å². The fourth-order valence-corrected chi connectivity index (χ4v) is 2.77. The molecule has 1 N–H and O–H groups in total. The molecule has 2 fully saturated rings. The van der Waals surface area contributed by atoms with Crippen molar-refractivity contribution in [2.45, 2.75) is 18.9 Å². The Morgan fingerprint density at radius 3 is 2.91 bits per heavy atom. The molecule has 0 bridgehead atoms. The van der Waals surface area contributed by atoms with Crippen molar-refractivity contribution < 1.29 is 9.53 Å². The first kappa shape index (κ1) is 15.2. The van der Waals surface area contributed by atoms with Gasteiger partial charge in [0.1, 0.15) is 17.8 Å². The third kappa shape index (κ3) is 3.72. The van der Waals surface area contributed by atoms with Gasteiger partial charge >= 0.3 is 0 Å². The number of carbonyl (C=O) groups is 1. The third-order valence-electron chi connectivity index (χ3n) is 4.21. The topological polar surface area (TPSA) is 70.6 Å². The van der Waals surface area contributed by atoms with Crippen LogP contribution in [0, 0.1) is 0 Å². The Labute approximate surface area is 130 Å². The molecular formula is C15H23N5O2. The van der Waals surface area contributed by atoms with Gasteiger partial charge in [0, 0.05) is 45.4 Å². The maximum atomic E-state index is 12.5. The molecule has 120 valence electrons. The second-order valence-corrected chi connectivity index (χ2v) is 5.90. The molecule has 1 atom stereocenters. The number of piperazine rings is 1. The SMILES string of the molecule is CN1CCN(C(=O)c2cc(NCC3CCCO3)ncn2)CC1. The quantitative estimate of drug-likeness (QED) is 0.871. The molecule has 22 heavy (non-hydrogen) atoms. The molecule has 1 aromatic rings. The Balaban J connectivity index is 1.59. The van der Waals surface area contributed by atoms with E-state index >= 15 is 0 Å². The minimum Gasteiger partial charge on any atom is -0.376 e. The summed E-state index contributed by atoms with van der Waals surface area (Å²) in [5, 5.41) is 3.24. The molecule has 2 aliphatic heterocycles. The molecule has 1 unspecified atom stereocenters. The first-order chi connectivity index (χ1) is 10.7. The molecule has 7 heteroatoms. The van der Waals surface area contributed by atoms with E-state index in [1.165, 1.54) is 6.33 Å². The first-order valence-corrected chi connectivity index (χ1v) is 7.88. The summed E-state index contributed by atoms with van der Waals surface area (Å²) in [6.07, 6.45) is 3.88. The molecule has 3 rings (SSSR count). The molecule has 0 spiro atoms. The fraction of sp³-hybridized carbons (Fsp3) is 0.667. The molecule has 1 amide bonds. The first-order valence-electron chi connectivity index (χ1n) is 7.88. The average molecular weight is 305 g/mol. The number of amides is 1. The van der Waals surface area contributed by atoms with Crippen molar-refractivity contribution in [3.8, 4) is 0 Å². The van der Waals surface area contributed by atoms with E-state index < -0.39 is 0 Å². The number of anilines is 1. The smallest absolute Gasteiger partial charge is 0.272 e. The Morgan fingerprint density at radius 1 is 1.36 bits per heavy atom. The van der Waals surface area contributed by atoms with Crippen LogP contribution < -0.4 is 5.32 Å². The number of hydrogen-bond acceptors (Lipinski definition) is 6. The van der Waals surface area contributed by atoms with Crippen LogP contribution >= 0.6 is 0 Å². The Morgan fingerprint density at radius 2 is 2.18 bits per heavy atom. The van der Waals surface area contributed by atoms with Crippen LogP contribution in [0.1, 0.15) is 23.3 Å². The van der Waals surface area contributed by atoms with Crippen LogP contribution in [0.3, 0.4) is 0 Å². The summed E-state index contributed by atoms with van der Waals surface area (Å²) in [5.41, 5.74) is 0.453. The summed E-state index contributed by atoms with van der Waals surface area (Å²) in [6, 6.07) is 1.73. The highest BCUT2D eigenvalue weighted by Gasteiger charge is 2.22. The van der Waals surface area contributed by atoms with Crippen molar-refractivity contribution in [3.63, 3.8) is 0 Å². The lowest BCUT2D eigenvalue weighted by Gasteiger charge is -2.32. The summed E-state index contributed by atoms with van der Waals surface area (Å²) >= 11 is 0. The summed E-state index contributed by atoms with van der Waals surface area (Å²) in [7, 11) is 2.07. The number of hydrogen-bond donors (Lipinski definition) is 1. The van der Waals surface area contributed by atoms with Gasteiger partial charge in [0.25, 0.3) is 5.91 Å². The monoisotopic (exact) mass is 305 g/mol. The number of ether oxygens (including phenoxy) is 1. The van der Waals surface area contributed by atoms with E-state index in [0.29, 0.717) is 11.5 Å². The van der Waals surface area contributed by atoms with Crippen molar-refractivity contribution in [2.75, 3.05) is 51.7 Å². The number of aromatic nitrogens is 2. The predicted octanol–water partition coefficient (Wildman–Crippen LogP) is 0.455. The van der Waals surface area contributed by atoms with Gasteiger partial charge in [0.2, 0.25) is 0 Å². The molecule has 1 aromatic heterocycles. The van der Waals surface area contributed by atoms with Crippen LogP contribution in [0.15, 0.2) is 12.4 Å². The van der Waals surface area contributed by atoms with E-state index in [0.717, 1.165) is 52.2 Å². The normalized spacial score (nSPS) is 22.8. The number of carbonyl (C=O) groups excluding carboxylic acids is 1. The van der Waals surface area contributed by atoms with Crippen molar-refractivity contribution in [2.24, 2.45) is 0 Å². The number of rotatable bonds is 4. The van der Waals surface area contributed by atoms with E-state index in [1.54, 1.807) is 6.07 Å². The predicted molar refractivity (Wildman–Crippen MR) is 82.9 cm³/mol. The molecule has 0 aliphatic carbocycles. The number of nitrogens with one attached hydrogen (secondary N) is 1. The highest BCUT2D eigenvalue weighted by Crippen LogP contribution is 2.14. The zero-order chi connectivity index (χ0) is 15.4. The molecule has 0 radical (unpaired) electrons. The summed E-state index contributed by atoms with van der Waals surface area (Å²) in [4.78, 5) is 24.9. The second-order valence-electron chi connectivity index (χ2n) is 5.90. The van der Waals surface area contributed by atoms with Crippen LogP contribution in [0.5, 0.6) is 0 Å². The Kier molecular flexibility index (Phi) is 4.84. The van der Waals surface area contributed by atoms with Crippen LogP contribution in [0.25, 0.3) is 0 Å². The average Bonchev–Trinajstić information content (AvgIpc) is 3.07. The molecule has 7 nitrogen and oxygen atoms in total. The highest BCUT2D eigenvalue weighted by molar-refractivity contribution is 5.93. The summed E-state index contributed by atoms with van der Waals surface area (Å²) in [6.45, 7) is 4.86. The molecule has 0 saturated carbocycles. The molecule has 3 heterocycles. The van der Waals surface area contributed by atoms with Gasteiger partial charge in [-0.25, -0.2) is 9.97 Å². The van der Waals surface area contributed by atoms with E-state index in [4.69, 9.17) is 4.74 Å². The summed E-state index contributed by atoms with van der Waals surface area (Å²) in [5.74, 6) is 0.665. The van der Waals surface area contributed by atoms with E-state index in [-0.39, 0.29) is 12.0 Å². The lowest BCUT2D eigenvalue weighted by molar-refractivity contribution is 0.0658. The molecular weight excluding hydrogens is 282 g/mol. The lowest BCUT2D eigenvalue weighted by Crippen LogP contribution is -2.47. The van der Waals surface area contributed by atoms with Gasteiger partial charge in [-0.15, -0.1) is 0 Å². The Hall–Kier alpha value is -1.73. The van der Waals surface area contributed by atoms with Gasteiger partial charge < -0.3 is 19.9 Å². The minimum absolute atomic E-state index is 0.0179. The van der Waals surface area contributed by atoms with Crippen molar-refractivity contribution in [1.82, 2.24) is 19.8 Å². The van der Waals surface area contributed by atoms with Gasteiger partial charge in [-0.05, 0) is 19.9 Å². The third-order valence-corrected chi connectivity index (χ3v) is 4.21. The van der Waals surface area contributed by atoms with Gasteiger partial charge in [0.05, 0.1) is 6.10 Å². The van der Waals surface area contributed by atoms with Crippen molar-refractivity contribution in [3.05, 3.63) is 18.1 Å². The minimum atomic E-state index is -0.0179. The summed E-state index contributed by atoms with van der Waals surface area (Å²) < 4.78 is 5.57. The lowest BCUT2D eigenvalue weighted by atomic mass is 10.2. The maximum absolute atomic E-state index is 12.5. The van der Waals surface area contributed by atoms with E-state index in [2.05, 4.69) is 27.2 Å². The van der Waals surface area contributed by atoms with Gasteiger partial charge in [-0.3, -0.25) is 4.79 Å². The highest BCUT2D eigenvalue weighted by atomic mass is 16.5. The standard InChI is InChI=1S/C15H23N5O2/c1-19-4-6-20(7-5-19)15(21)13-9-14(18-11-17-13)16-10-12-3-2-8-22-12/h9,11-12H,2-8,10H2,1H3,(H,16,17,18). The largest absolute Gasteiger partial charge is 0.376 e. The zero-order valence-corrected chi connectivity index (χ0v) is 13.0. The van der Waals surface area contributed by atoms with Crippen LogP contribution in [-0.4, -0.2) is 78.2 Å². The zero-order valence-electron chi connectivity index (χ0n) is 13.0. The second kappa shape index (κ2) is 7.02. The van der Waals surface area contributed by atoms with Crippen molar-refractivity contribution in [1.29, 1.82) is 0 Å². The number of likely N-dealkylation sites (N-methyl/N-ethyl adjacent to an activating group) is 1. The van der Waals surface area contributed by atoms with Crippen LogP contribution in [-0.2, 0) is 4.74 Å². The van der Waals surface area contributed by atoms with Gasteiger partial charge in [-0.1, -0.05) is 0 Å². The van der Waals surface area contributed by atoms with E-state index in [1.807, 2.05) is 4.90 Å². The van der Waals surface area contributed by atoms with Crippen molar-refractivity contribution >= 4 is 11.7 Å². The van der Waals surface area contributed by atoms with Gasteiger partial charge in [-0.2, -0.15) is 0 Å². The van der Waals surface area contributed by atoms with Gasteiger partial charge in [0.15, 0.2) is 0 Å². The van der Waals surface area contributed by atoms with Crippen LogP contribution in [0.4, 0.5) is 5.82 Å². The number of nitrogens with zero attached hydrogens (tertiary/aromatic N) is 4. The fourth-order valence-electron chi connectivity index (χ4n) is 2.77.